The summed E-state index contributed by atoms with van der Waals surface area (Å²) in [5.74, 6) is 1.38. The number of fused-ring (bicyclic) bond motifs is 12. The van der Waals surface area contributed by atoms with Gasteiger partial charge in [-0.15, -0.1) is 22.7 Å². The lowest BCUT2D eigenvalue weighted by Crippen LogP contribution is -1.96. The first-order valence-corrected chi connectivity index (χ1v) is 43.3. The number of rotatable bonds is 14. The van der Waals surface area contributed by atoms with Crippen LogP contribution in [0.3, 0.4) is 0 Å². The topological polar surface area (TPSA) is 86.2 Å². The van der Waals surface area contributed by atoms with E-state index >= 15 is 0 Å². The van der Waals surface area contributed by atoms with Crippen molar-refractivity contribution in [2.45, 2.75) is 0 Å². The van der Waals surface area contributed by atoms with E-state index in [1.807, 2.05) is 59.1 Å². The molecule has 0 radical (unpaired) electrons. The molecule has 0 saturated carbocycles. The van der Waals surface area contributed by atoms with Gasteiger partial charge in [-0.2, -0.15) is 10.2 Å². The van der Waals surface area contributed by atoms with Crippen molar-refractivity contribution in [1.82, 2.24) is 39.2 Å². The van der Waals surface area contributed by atoms with Crippen molar-refractivity contribution in [3.8, 4) is 157 Å². The van der Waals surface area contributed by atoms with Gasteiger partial charge in [0.05, 0.1) is 45.2 Å². The van der Waals surface area contributed by atoms with E-state index in [2.05, 4.69) is 409 Å². The molecule has 0 aliphatic carbocycles. The SMILES string of the molecule is c1ccc(-c2nc(-c3ccc(-c4c(-c5ccccc5)nn5c(-c6ccccc6)cc6ccccc6c45)cc3)cc(-c3cccc(-c4cccc5c4sc4ccccc45)c3)n2)cc1.c1ccc(-c2nc(-c3ccc(-c4cccc5c4sc4ccccc45)cc3)cc(-c3ccc(-c4c(-c5ccccc5)nn5c(-c6ccccc6)cc6ccccc6c45)cc3)n2)cc1. The van der Waals surface area contributed by atoms with E-state index in [1.165, 1.54) is 67.8 Å². The van der Waals surface area contributed by atoms with Crippen molar-refractivity contribution in [1.29, 1.82) is 0 Å². The Kier molecular flexibility index (Phi) is 18.5. The molecule has 580 valence electrons. The Labute approximate surface area is 723 Å². The molecule has 8 heterocycles. The standard InChI is InChI=1S/2C57H36N4S/c1-4-16-38(17-5-1)51-35-43-22-10-11-25-45(43)55-53(54(60-61(51)55)40-18-6-2-7-19-40)39-32-30-37(31-33-39)49-36-50(59-57(58-49)41-20-8-3-9-21-41)44-24-14-23-42(34-44)46-27-15-28-48-47-26-12-13-29-52(47)62-56(46)48;1-4-15-40(16-5-1)51-35-44-21-10-11-22-45(44)55-53(54(60-61(51)55)42-17-6-2-7-18-42)41-33-31-39(32-34-41)50-36-49(58-57(59-50)43-19-8-3-9-20-43)38-29-27-37(28-30-38)46-24-14-25-48-47-23-12-13-26-52(47)62-56(46)48/h2*1-36H. The van der Waals surface area contributed by atoms with E-state index in [0.29, 0.717) is 11.6 Å². The molecule has 10 heteroatoms. The molecule has 24 rings (SSSR count). The highest BCUT2D eigenvalue weighted by Gasteiger charge is 2.26. The molecule has 24 aromatic rings. The van der Waals surface area contributed by atoms with Crippen LogP contribution in [0.15, 0.2) is 437 Å². The number of nitrogens with zero attached hydrogens (tertiary/aromatic N) is 8. The number of aromatic nitrogens is 8. The highest BCUT2D eigenvalue weighted by molar-refractivity contribution is 7.26. The zero-order chi connectivity index (χ0) is 82.0. The van der Waals surface area contributed by atoms with Gasteiger partial charge in [0, 0.05) is 118 Å². The molecule has 0 spiro atoms. The fourth-order valence-corrected chi connectivity index (χ4v) is 20.2. The van der Waals surface area contributed by atoms with Crippen LogP contribution in [-0.2, 0) is 0 Å². The molecular weight excluding hydrogens is 1550 g/mol. The molecular formula is C114H72N8S2. The first kappa shape index (κ1) is 73.2. The smallest absolute Gasteiger partial charge is 0.160 e. The Hall–Kier alpha value is -16.0. The van der Waals surface area contributed by atoms with Crippen molar-refractivity contribution >= 4 is 95.6 Å². The van der Waals surface area contributed by atoms with E-state index in [4.69, 9.17) is 30.1 Å². The van der Waals surface area contributed by atoms with Gasteiger partial charge in [-0.1, -0.05) is 394 Å². The van der Waals surface area contributed by atoms with Crippen molar-refractivity contribution in [2.75, 3.05) is 0 Å². The van der Waals surface area contributed by atoms with Gasteiger partial charge in [0.25, 0.3) is 0 Å². The average molecular weight is 1620 g/mol. The van der Waals surface area contributed by atoms with Gasteiger partial charge in [0.2, 0.25) is 0 Å². The summed E-state index contributed by atoms with van der Waals surface area (Å²) >= 11 is 3.71. The quantitative estimate of drug-likeness (QED) is 0.108. The molecule has 0 aliphatic rings. The van der Waals surface area contributed by atoms with Crippen LogP contribution >= 0.6 is 22.7 Å². The molecule has 0 saturated heterocycles. The minimum atomic E-state index is 0.688. The number of benzene rings is 16. The maximum absolute atomic E-state index is 5.41. The fraction of sp³-hybridized carbons (Fsp3) is 0. The maximum Gasteiger partial charge on any atom is 0.160 e. The number of hydrogen-bond acceptors (Lipinski definition) is 8. The number of thiophene rings is 2. The van der Waals surface area contributed by atoms with Crippen LogP contribution in [0.1, 0.15) is 0 Å². The molecule has 8 nitrogen and oxygen atoms in total. The highest BCUT2D eigenvalue weighted by atomic mass is 32.1. The van der Waals surface area contributed by atoms with Gasteiger partial charge in [-0.25, -0.2) is 29.0 Å². The van der Waals surface area contributed by atoms with Crippen molar-refractivity contribution in [3.05, 3.63) is 437 Å². The molecule has 0 bridgehead atoms. The molecule has 124 heavy (non-hydrogen) atoms. The van der Waals surface area contributed by atoms with Crippen LogP contribution in [0, 0.1) is 0 Å². The molecule has 0 aliphatic heterocycles. The Morgan fingerprint density at radius 2 is 0.492 bits per heavy atom. The van der Waals surface area contributed by atoms with Gasteiger partial charge in [0.1, 0.15) is 11.4 Å². The molecule has 0 N–H and O–H groups in total. The van der Waals surface area contributed by atoms with E-state index in [9.17, 15) is 0 Å². The van der Waals surface area contributed by atoms with Crippen LogP contribution < -0.4 is 0 Å². The van der Waals surface area contributed by atoms with Crippen LogP contribution in [0.4, 0.5) is 0 Å². The van der Waals surface area contributed by atoms with Gasteiger partial charge in [-0.05, 0) is 86.6 Å². The maximum atomic E-state index is 5.41. The van der Waals surface area contributed by atoms with Crippen molar-refractivity contribution in [2.24, 2.45) is 0 Å². The second-order valence-corrected chi connectivity index (χ2v) is 33.3. The largest absolute Gasteiger partial charge is 0.231 e. The third-order valence-corrected chi connectivity index (χ3v) is 26.1. The lowest BCUT2D eigenvalue weighted by molar-refractivity contribution is 0.979. The Bertz CT molecular complexity index is 8170. The highest BCUT2D eigenvalue weighted by Crippen LogP contribution is 2.47. The Balaban J connectivity index is 0.000000143. The second kappa shape index (κ2) is 31.3. The van der Waals surface area contributed by atoms with E-state index in [1.54, 1.807) is 0 Å². The van der Waals surface area contributed by atoms with Crippen molar-refractivity contribution in [3.63, 3.8) is 0 Å². The van der Waals surface area contributed by atoms with E-state index in [-0.39, 0.29) is 0 Å². The lowest BCUT2D eigenvalue weighted by atomic mass is 9.95. The van der Waals surface area contributed by atoms with E-state index in [0.717, 1.165) is 151 Å². The molecule has 16 aromatic carbocycles. The van der Waals surface area contributed by atoms with Crippen LogP contribution in [-0.4, -0.2) is 39.2 Å². The van der Waals surface area contributed by atoms with Gasteiger partial charge in [0.15, 0.2) is 11.6 Å². The minimum absolute atomic E-state index is 0.688. The Morgan fingerprint density at radius 3 is 0.903 bits per heavy atom. The molecule has 0 fully saturated rings. The predicted octanol–water partition coefficient (Wildman–Crippen LogP) is 30.6. The molecule has 8 aromatic heterocycles. The first-order valence-electron chi connectivity index (χ1n) is 41.7. The number of pyridine rings is 2. The molecule has 0 atom stereocenters. The van der Waals surface area contributed by atoms with Crippen LogP contribution in [0.5, 0.6) is 0 Å². The van der Waals surface area contributed by atoms with Gasteiger partial charge < -0.3 is 0 Å². The summed E-state index contributed by atoms with van der Waals surface area (Å²) in [6.45, 7) is 0. The van der Waals surface area contributed by atoms with E-state index < -0.39 is 0 Å². The van der Waals surface area contributed by atoms with Gasteiger partial charge in [-0.3, -0.25) is 0 Å². The third kappa shape index (κ3) is 13.3. The summed E-state index contributed by atoms with van der Waals surface area (Å²) in [6, 6.07) is 154. The average Bonchev–Trinajstić information content (AvgIpc) is 1.57. The monoisotopic (exact) mass is 1620 g/mol. The summed E-state index contributed by atoms with van der Waals surface area (Å²) in [4.78, 5) is 20.8. The minimum Gasteiger partial charge on any atom is -0.231 e. The third-order valence-electron chi connectivity index (χ3n) is 23.7. The second-order valence-electron chi connectivity index (χ2n) is 31.2. The Morgan fingerprint density at radius 1 is 0.194 bits per heavy atom. The summed E-state index contributed by atoms with van der Waals surface area (Å²) in [7, 11) is 0. The van der Waals surface area contributed by atoms with Crippen LogP contribution in [0.2, 0.25) is 0 Å². The first-order chi connectivity index (χ1) is 61.5. The summed E-state index contributed by atoms with van der Waals surface area (Å²) < 4.78 is 9.49. The lowest BCUT2D eigenvalue weighted by Gasteiger charge is -2.12. The summed E-state index contributed by atoms with van der Waals surface area (Å²) in [6.07, 6.45) is 0. The van der Waals surface area contributed by atoms with Crippen molar-refractivity contribution < 1.29 is 0 Å². The predicted molar refractivity (Wildman–Crippen MR) is 518 cm³/mol. The fourth-order valence-electron chi connectivity index (χ4n) is 17.7. The normalized spacial score (nSPS) is 11.5. The van der Waals surface area contributed by atoms with Crippen LogP contribution in [0.25, 0.3) is 230 Å². The summed E-state index contributed by atoms with van der Waals surface area (Å²) in [5.41, 5.74) is 29.2. The summed E-state index contributed by atoms with van der Waals surface area (Å²) in [5, 5.41) is 20.7. The zero-order valence-electron chi connectivity index (χ0n) is 67.0. The molecule has 0 unspecified atom stereocenters. The number of hydrogen-bond donors (Lipinski definition) is 0. The zero-order valence-corrected chi connectivity index (χ0v) is 68.6. The van der Waals surface area contributed by atoms with Gasteiger partial charge >= 0.3 is 0 Å². The molecule has 0 amide bonds.